The minimum atomic E-state index is -3.98. The summed E-state index contributed by atoms with van der Waals surface area (Å²) in [6.07, 6.45) is 9.79. The number of fused-ring (bicyclic) bond motifs is 2. The van der Waals surface area contributed by atoms with Crippen LogP contribution in [0, 0.1) is 37.5 Å². The van der Waals surface area contributed by atoms with Crippen LogP contribution in [-0.2, 0) is 32.7 Å². The summed E-state index contributed by atoms with van der Waals surface area (Å²) in [4.78, 5) is 16.0. The van der Waals surface area contributed by atoms with Crippen LogP contribution in [0.1, 0.15) is 74.3 Å². The monoisotopic (exact) mass is 617 g/mol. The number of rotatable bonds is 11. The van der Waals surface area contributed by atoms with Gasteiger partial charge in [0, 0.05) is 30.4 Å². The number of anilines is 1. The van der Waals surface area contributed by atoms with E-state index in [1.54, 1.807) is 33.1 Å². The van der Waals surface area contributed by atoms with Crippen molar-refractivity contribution in [3.63, 3.8) is 0 Å². The van der Waals surface area contributed by atoms with Gasteiger partial charge in [-0.2, -0.15) is 0 Å². The first-order valence-electron chi connectivity index (χ1n) is 15.8. The number of ether oxygens (including phenoxy) is 1. The average Bonchev–Trinajstić information content (AvgIpc) is 3.91. The molecule has 2 aromatic carbocycles. The highest BCUT2D eigenvalue weighted by atomic mass is 32.2. The van der Waals surface area contributed by atoms with E-state index in [9.17, 15) is 13.2 Å². The fourth-order valence-corrected chi connectivity index (χ4v) is 7.95. The van der Waals surface area contributed by atoms with Gasteiger partial charge in [-0.1, -0.05) is 61.0 Å². The Balaban J connectivity index is 1.33. The SMILES string of the molecule is CCCC/C1=C\C2CC2CC2CC2CC(=O)N1Cc1ccc(-c2ccccc2S(=O)(=O)Nc2noc(C)c2C)c(COC)c1. The molecule has 2 saturated carbocycles. The smallest absolute Gasteiger partial charge is 0.263 e. The zero-order valence-corrected chi connectivity index (χ0v) is 27.0. The largest absolute Gasteiger partial charge is 0.380 e. The third-order valence-electron chi connectivity index (χ3n) is 9.59. The van der Waals surface area contributed by atoms with Gasteiger partial charge in [0.05, 0.1) is 18.0 Å². The molecular formula is C35H43N3O5S. The Hall–Kier alpha value is -3.43. The average molecular weight is 618 g/mol. The van der Waals surface area contributed by atoms with Gasteiger partial charge in [-0.3, -0.25) is 9.52 Å². The number of allylic oxidation sites excluding steroid dienone is 2. The van der Waals surface area contributed by atoms with Gasteiger partial charge in [0.15, 0.2) is 5.82 Å². The van der Waals surface area contributed by atoms with Crippen LogP contribution in [0.4, 0.5) is 5.82 Å². The van der Waals surface area contributed by atoms with Crippen molar-refractivity contribution in [2.45, 2.75) is 83.8 Å². The number of nitrogens with zero attached hydrogens (tertiary/aromatic N) is 2. The molecule has 1 aliphatic heterocycles. The molecule has 2 fully saturated rings. The quantitative estimate of drug-likeness (QED) is 0.241. The first-order chi connectivity index (χ1) is 21.2. The molecule has 6 rings (SSSR count). The van der Waals surface area contributed by atoms with Crippen LogP contribution in [0.3, 0.4) is 0 Å². The topological polar surface area (TPSA) is 102 Å². The third-order valence-corrected chi connectivity index (χ3v) is 11.0. The number of carbonyl (C=O) groups excluding carboxylic acids is 1. The second-order valence-electron chi connectivity index (χ2n) is 12.8. The van der Waals surface area contributed by atoms with Crippen molar-refractivity contribution in [2.75, 3.05) is 11.8 Å². The number of benzene rings is 2. The summed E-state index contributed by atoms with van der Waals surface area (Å²) >= 11 is 0. The minimum Gasteiger partial charge on any atom is -0.380 e. The first-order valence-corrected chi connectivity index (χ1v) is 17.3. The van der Waals surface area contributed by atoms with Crippen molar-refractivity contribution in [3.8, 4) is 11.1 Å². The summed E-state index contributed by atoms with van der Waals surface area (Å²) in [5.41, 5.74) is 5.00. The van der Waals surface area contributed by atoms with Gasteiger partial charge in [0.2, 0.25) is 5.91 Å². The number of aryl methyl sites for hydroxylation is 1. The normalized spacial score (nSPS) is 24.2. The summed E-state index contributed by atoms with van der Waals surface area (Å²) in [5.74, 6) is 3.58. The number of amides is 1. The Bertz CT molecular complexity index is 1680. The summed E-state index contributed by atoms with van der Waals surface area (Å²) in [6, 6.07) is 13.0. The van der Waals surface area contributed by atoms with Gasteiger partial charge in [-0.15, -0.1) is 0 Å². The molecule has 3 aromatic rings. The lowest BCUT2D eigenvalue weighted by molar-refractivity contribution is -0.130. The fourth-order valence-electron chi connectivity index (χ4n) is 6.67. The van der Waals surface area contributed by atoms with Gasteiger partial charge >= 0.3 is 0 Å². The summed E-state index contributed by atoms with van der Waals surface area (Å²) in [5, 5.41) is 3.89. The van der Waals surface area contributed by atoms with E-state index in [-0.39, 0.29) is 16.6 Å². The number of aromatic nitrogens is 1. The molecule has 8 nitrogen and oxygen atoms in total. The molecule has 0 spiro atoms. The second kappa shape index (κ2) is 12.5. The predicted octanol–water partition coefficient (Wildman–Crippen LogP) is 7.37. The van der Waals surface area contributed by atoms with Crippen molar-refractivity contribution in [1.29, 1.82) is 0 Å². The highest BCUT2D eigenvalue weighted by Crippen LogP contribution is 2.54. The van der Waals surface area contributed by atoms with Crippen molar-refractivity contribution in [3.05, 3.63) is 76.7 Å². The zero-order valence-electron chi connectivity index (χ0n) is 26.1. The van der Waals surface area contributed by atoms with Gasteiger partial charge < -0.3 is 14.2 Å². The highest BCUT2D eigenvalue weighted by molar-refractivity contribution is 7.92. The van der Waals surface area contributed by atoms with Crippen LogP contribution in [0.5, 0.6) is 0 Å². The molecule has 4 atom stereocenters. The lowest BCUT2D eigenvalue weighted by atomic mass is 9.97. The maximum atomic E-state index is 13.8. The van der Waals surface area contributed by atoms with E-state index in [0.717, 1.165) is 47.8 Å². The lowest BCUT2D eigenvalue weighted by Crippen LogP contribution is -2.31. The number of hydrogen-bond donors (Lipinski definition) is 1. The maximum Gasteiger partial charge on any atom is 0.263 e. The fraction of sp³-hybridized carbons (Fsp3) is 0.486. The van der Waals surface area contributed by atoms with Gasteiger partial charge in [-0.25, -0.2) is 8.42 Å². The molecule has 234 valence electrons. The maximum absolute atomic E-state index is 13.8. The van der Waals surface area contributed by atoms with Crippen LogP contribution in [0.25, 0.3) is 11.1 Å². The number of hydrogen-bond acceptors (Lipinski definition) is 6. The van der Waals surface area contributed by atoms with Crippen LogP contribution in [0.15, 0.2) is 63.7 Å². The van der Waals surface area contributed by atoms with Crippen LogP contribution in [0.2, 0.25) is 0 Å². The van der Waals surface area contributed by atoms with Crippen LogP contribution >= 0.6 is 0 Å². The lowest BCUT2D eigenvalue weighted by Gasteiger charge is -2.27. The number of carbonyl (C=O) groups is 1. The van der Waals surface area contributed by atoms with E-state index in [2.05, 4.69) is 28.9 Å². The molecule has 0 bridgehead atoms. The van der Waals surface area contributed by atoms with E-state index in [1.165, 1.54) is 25.0 Å². The zero-order chi connectivity index (χ0) is 31.0. The molecule has 1 N–H and O–H groups in total. The molecule has 2 heterocycles. The Labute approximate surface area is 260 Å². The van der Waals surface area contributed by atoms with Crippen molar-refractivity contribution < 1.29 is 22.5 Å². The number of unbranched alkanes of at least 4 members (excludes halogenated alkanes) is 1. The molecule has 1 aromatic heterocycles. The molecule has 44 heavy (non-hydrogen) atoms. The Morgan fingerprint density at radius 2 is 1.84 bits per heavy atom. The molecule has 0 saturated heterocycles. The summed E-state index contributed by atoms with van der Waals surface area (Å²) in [7, 11) is -2.35. The van der Waals surface area contributed by atoms with E-state index in [4.69, 9.17) is 9.26 Å². The van der Waals surface area contributed by atoms with Crippen molar-refractivity contribution >= 4 is 21.7 Å². The Morgan fingerprint density at radius 1 is 1.05 bits per heavy atom. The van der Waals surface area contributed by atoms with Gasteiger partial charge in [-0.05, 0) is 92.4 Å². The molecule has 4 unspecified atom stereocenters. The van der Waals surface area contributed by atoms with Crippen molar-refractivity contribution in [1.82, 2.24) is 10.1 Å². The van der Waals surface area contributed by atoms with E-state index in [1.807, 2.05) is 29.2 Å². The number of methoxy groups -OCH3 is 1. The highest BCUT2D eigenvalue weighted by Gasteiger charge is 2.47. The van der Waals surface area contributed by atoms with E-state index < -0.39 is 10.0 Å². The van der Waals surface area contributed by atoms with E-state index in [0.29, 0.717) is 48.3 Å². The molecular weight excluding hydrogens is 574 g/mol. The molecule has 9 heteroatoms. The van der Waals surface area contributed by atoms with Gasteiger partial charge in [0.1, 0.15) is 5.76 Å². The number of sulfonamides is 1. The Morgan fingerprint density at radius 3 is 2.59 bits per heavy atom. The van der Waals surface area contributed by atoms with Gasteiger partial charge in [0.25, 0.3) is 10.0 Å². The summed E-state index contributed by atoms with van der Waals surface area (Å²) < 4.78 is 40.6. The molecule has 3 aliphatic rings. The molecule has 2 aliphatic carbocycles. The predicted molar refractivity (Wildman–Crippen MR) is 170 cm³/mol. The minimum absolute atomic E-state index is 0.138. The molecule has 0 radical (unpaired) electrons. The van der Waals surface area contributed by atoms with Crippen LogP contribution in [-0.4, -0.2) is 31.5 Å². The molecule has 1 amide bonds. The van der Waals surface area contributed by atoms with E-state index >= 15 is 0 Å². The third kappa shape index (κ3) is 6.49. The van der Waals surface area contributed by atoms with Crippen LogP contribution < -0.4 is 4.72 Å². The standard InChI is InChI=1S/C35H43N3O5S/c1-5-6-9-30-18-27-16-25(27)15-26-17-28(26)19-34(39)38(30)20-24-12-13-31(29(14-24)21-42-4)32-10-7-8-11-33(32)44(40,41)37-35-22(2)23(3)43-36-35/h7-8,10-14,18,25-28H,5-6,9,15-17,19-21H2,1-4H3,(H,36,37)/b30-18+. The number of nitrogens with one attached hydrogen (secondary N) is 1. The first kappa shape index (κ1) is 30.6. The Kier molecular flexibility index (Phi) is 8.70. The van der Waals surface area contributed by atoms with Crippen molar-refractivity contribution in [2.24, 2.45) is 23.7 Å². The second-order valence-corrected chi connectivity index (χ2v) is 14.5. The summed E-state index contributed by atoms with van der Waals surface area (Å²) in [6.45, 7) is 6.49.